The zero-order valence-corrected chi connectivity index (χ0v) is 18.8. The van der Waals surface area contributed by atoms with E-state index in [4.69, 9.17) is 18.6 Å². The molecule has 0 aromatic heterocycles. The van der Waals surface area contributed by atoms with Crippen molar-refractivity contribution in [1.82, 2.24) is 5.32 Å². The number of hydrogen-bond acceptors (Lipinski definition) is 1. The van der Waals surface area contributed by atoms with Gasteiger partial charge in [0.1, 0.15) is 8.80 Å². The molecule has 1 aliphatic carbocycles. The molecule has 5 heteroatoms. The van der Waals surface area contributed by atoms with Crippen LogP contribution in [0.15, 0.2) is 34.6 Å². The van der Waals surface area contributed by atoms with E-state index in [0.29, 0.717) is 0 Å². The van der Waals surface area contributed by atoms with E-state index in [1.165, 1.54) is 6.42 Å². The maximum atomic E-state index is 4.89. The Morgan fingerprint density at radius 1 is 1.32 bits per heavy atom. The molecule has 0 bridgehead atoms. The molecule has 0 fully saturated rings. The second kappa shape index (κ2) is 8.18. The Hall–Kier alpha value is 0.691. The quantitative estimate of drug-likeness (QED) is 0.468. The Morgan fingerprint density at radius 2 is 1.86 bits per heavy atom. The number of hydrogen-bond donors (Lipinski definition) is 1. The minimum atomic E-state index is -0.621. The molecule has 2 rings (SSSR count). The van der Waals surface area contributed by atoms with Gasteiger partial charge in [0.25, 0.3) is 0 Å². The summed E-state index contributed by atoms with van der Waals surface area (Å²) in [4.78, 5) is 0. The maximum absolute atomic E-state index is 4.89. The molecule has 1 N–H and O–H groups in total. The third-order valence-electron chi connectivity index (χ3n) is 4.70. The van der Waals surface area contributed by atoms with Crippen LogP contribution >= 0.6 is 18.6 Å². The van der Waals surface area contributed by atoms with E-state index in [1.807, 2.05) is 0 Å². The van der Waals surface area contributed by atoms with Crippen molar-refractivity contribution in [2.75, 3.05) is 0 Å². The van der Waals surface area contributed by atoms with Crippen molar-refractivity contribution < 1.29 is 17.0 Å². The number of allylic oxidation sites excluding steroid dienone is 5. The standard InChI is InChI=1S/C17H28NSi.2ClH.Ti/c1-12-13(2)17(7,18-16(4,5)6)19(14(12)3)15-10-8-9-11-15;;;/h8-10,14,18H,11H2,1-7H3;2*1H;/q;;;+2/p-2. The van der Waals surface area contributed by atoms with Crippen molar-refractivity contribution in [3.8, 4) is 0 Å². The number of halogens is 2. The molecule has 1 nitrogen and oxygen atoms in total. The zero-order chi connectivity index (χ0) is 17.1. The predicted molar refractivity (Wildman–Crippen MR) is 98.4 cm³/mol. The molecule has 1 radical (unpaired) electrons. The summed E-state index contributed by atoms with van der Waals surface area (Å²) in [5, 5.41) is 5.82. The van der Waals surface area contributed by atoms with Crippen LogP contribution in [0.2, 0.25) is 5.54 Å². The second-order valence-corrected chi connectivity index (χ2v) is 13.3. The summed E-state index contributed by atoms with van der Waals surface area (Å²) in [6.07, 6.45) is 8.08. The van der Waals surface area contributed by atoms with Gasteiger partial charge in [0.05, 0.1) is 0 Å². The van der Waals surface area contributed by atoms with Gasteiger partial charge in [-0.1, -0.05) is 41.5 Å². The molecular formula is C17H28Cl2NSiTi. The average Bonchev–Trinajstić information content (AvgIpc) is 2.93. The van der Waals surface area contributed by atoms with Crippen molar-refractivity contribution in [1.29, 1.82) is 0 Å². The van der Waals surface area contributed by atoms with Gasteiger partial charge in [-0.3, -0.25) is 0 Å². The first kappa shape index (κ1) is 20.7. The van der Waals surface area contributed by atoms with Crippen LogP contribution in [-0.2, 0) is 17.0 Å². The molecule has 123 valence electrons. The topological polar surface area (TPSA) is 12.0 Å². The van der Waals surface area contributed by atoms with E-state index in [9.17, 15) is 0 Å². The molecule has 0 amide bonds. The summed E-state index contributed by atoms with van der Waals surface area (Å²) < 4.78 is 0. The monoisotopic (exact) mass is 392 g/mol. The molecule has 1 aliphatic heterocycles. The molecule has 1 heterocycles. The summed E-state index contributed by atoms with van der Waals surface area (Å²) in [5.74, 6) is 0. The zero-order valence-electron chi connectivity index (χ0n) is 14.8. The van der Waals surface area contributed by atoms with Gasteiger partial charge < -0.3 is 5.32 Å². The van der Waals surface area contributed by atoms with Crippen molar-refractivity contribution in [2.24, 2.45) is 0 Å². The third kappa shape index (κ3) is 4.62. The normalized spacial score (nSPS) is 28.6. The van der Waals surface area contributed by atoms with Gasteiger partial charge >= 0.3 is 35.6 Å². The van der Waals surface area contributed by atoms with E-state index >= 15 is 0 Å². The van der Waals surface area contributed by atoms with Crippen LogP contribution in [0.3, 0.4) is 0 Å². The SMILES string of the molecule is CC1=C(C)C(C)(NC(C)(C)C)[Si](C2=CC=CC2)C1C.[Cl][Ti][Cl]. The fraction of sp³-hybridized carbons (Fsp3) is 0.647. The van der Waals surface area contributed by atoms with E-state index < -0.39 is 25.8 Å². The van der Waals surface area contributed by atoms with Gasteiger partial charge in [0, 0.05) is 10.7 Å². The van der Waals surface area contributed by atoms with Crippen LogP contribution in [0.1, 0.15) is 54.9 Å². The van der Waals surface area contributed by atoms with E-state index in [2.05, 4.69) is 72.0 Å². The van der Waals surface area contributed by atoms with Gasteiger partial charge in [-0.15, -0.1) is 0 Å². The van der Waals surface area contributed by atoms with Crippen molar-refractivity contribution in [2.45, 2.75) is 71.1 Å². The van der Waals surface area contributed by atoms with Crippen LogP contribution in [-0.4, -0.2) is 19.5 Å². The summed E-state index contributed by atoms with van der Waals surface area (Å²) in [6, 6.07) is 0. The van der Waals surface area contributed by atoms with Crippen LogP contribution in [0.4, 0.5) is 0 Å². The fourth-order valence-corrected chi connectivity index (χ4v) is 8.17. The van der Waals surface area contributed by atoms with Crippen molar-refractivity contribution in [3.05, 3.63) is 34.6 Å². The van der Waals surface area contributed by atoms with Crippen LogP contribution in [0.5, 0.6) is 0 Å². The van der Waals surface area contributed by atoms with Crippen molar-refractivity contribution in [3.63, 3.8) is 0 Å². The Labute approximate surface area is 154 Å². The molecule has 2 unspecified atom stereocenters. The van der Waals surface area contributed by atoms with Crippen LogP contribution < -0.4 is 5.32 Å². The van der Waals surface area contributed by atoms with Gasteiger partial charge in [-0.2, -0.15) is 0 Å². The summed E-state index contributed by atoms with van der Waals surface area (Å²) >= 11 is -0.556. The average molecular weight is 393 g/mol. The molecule has 0 saturated heterocycles. The molecule has 2 aliphatic rings. The van der Waals surface area contributed by atoms with E-state index in [-0.39, 0.29) is 10.7 Å². The van der Waals surface area contributed by atoms with E-state index in [1.54, 1.807) is 16.3 Å². The first-order valence-corrected chi connectivity index (χ1v) is 13.6. The van der Waals surface area contributed by atoms with Gasteiger partial charge in [-0.25, -0.2) is 0 Å². The molecule has 22 heavy (non-hydrogen) atoms. The molecule has 0 aromatic rings. The van der Waals surface area contributed by atoms with Crippen LogP contribution in [0.25, 0.3) is 0 Å². The first-order valence-electron chi connectivity index (χ1n) is 7.75. The van der Waals surface area contributed by atoms with E-state index in [0.717, 1.165) is 5.54 Å². The summed E-state index contributed by atoms with van der Waals surface area (Å²) in [7, 11) is 9.16. The van der Waals surface area contributed by atoms with Crippen LogP contribution in [0, 0.1) is 0 Å². The Balaban J connectivity index is 0.000000745. The summed E-state index contributed by atoms with van der Waals surface area (Å²) in [5.41, 5.74) is 4.08. The van der Waals surface area contributed by atoms with Gasteiger partial charge in [0.15, 0.2) is 0 Å². The fourth-order valence-electron chi connectivity index (χ4n) is 3.73. The third-order valence-corrected chi connectivity index (χ3v) is 8.64. The van der Waals surface area contributed by atoms with Gasteiger partial charge in [-0.05, 0) is 53.5 Å². The predicted octanol–water partition coefficient (Wildman–Crippen LogP) is 5.71. The molecule has 0 aromatic carbocycles. The van der Waals surface area contributed by atoms with Gasteiger partial charge in [0.2, 0.25) is 0 Å². The number of nitrogens with one attached hydrogen (secondary N) is 1. The Kier molecular flexibility index (Phi) is 7.71. The molecule has 2 atom stereocenters. The summed E-state index contributed by atoms with van der Waals surface area (Å²) in [6.45, 7) is 16.4. The molecular weight excluding hydrogens is 365 g/mol. The minimum absolute atomic E-state index is 0.156. The Morgan fingerprint density at radius 3 is 2.27 bits per heavy atom. The Bertz CT molecular complexity index is 493. The second-order valence-electron chi connectivity index (χ2n) is 7.34. The van der Waals surface area contributed by atoms with Crippen molar-refractivity contribution >= 4 is 27.4 Å². The first-order chi connectivity index (χ1) is 10.1. The number of rotatable bonds is 2. The molecule has 0 spiro atoms. The molecule has 0 saturated carbocycles.